The molecule has 2 N–H and O–H groups in total. The van der Waals surface area contributed by atoms with Gasteiger partial charge in [-0.1, -0.05) is 12.1 Å². The fourth-order valence-electron chi connectivity index (χ4n) is 2.08. The van der Waals surface area contributed by atoms with Gasteiger partial charge in [0.2, 0.25) is 0 Å². The lowest BCUT2D eigenvalue weighted by molar-refractivity contribution is 0.102. The first-order valence-electron chi connectivity index (χ1n) is 6.36. The molecule has 106 valence electrons. The number of carbonyl (C=O) groups excluding carboxylic acids is 1. The monoisotopic (exact) mass is 344 g/mol. The molecular formula is C15H13BrN4O. The first-order chi connectivity index (χ1) is 10.1. The number of anilines is 1. The van der Waals surface area contributed by atoms with E-state index in [1.165, 1.54) is 0 Å². The van der Waals surface area contributed by atoms with Gasteiger partial charge in [-0.05, 0) is 34.1 Å². The van der Waals surface area contributed by atoms with Crippen LogP contribution in [-0.2, 0) is 7.05 Å². The standard InChI is InChI=1S/C15H13BrN4O/c1-20-6-5-17-14(20)10-3-2-4-12(7-10)19-15(21)13-8-11(16)9-18-13/h2-9,18H,1H3,(H,19,21). The fourth-order valence-corrected chi connectivity index (χ4v) is 2.42. The van der Waals surface area contributed by atoms with Gasteiger partial charge in [-0.15, -0.1) is 0 Å². The molecule has 0 saturated carbocycles. The molecule has 0 aliphatic rings. The number of halogens is 1. The van der Waals surface area contributed by atoms with Gasteiger partial charge in [0.1, 0.15) is 11.5 Å². The molecule has 2 heterocycles. The summed E-state index contributed by atoms with van der Waals surface area (Å²) in [6, 6.07) is 9.34. The molecule has 0 saturated heterocycles. The second-order valence-electron chi connectivity index (χ2n) is 4.63. The Morgan fingerprint density at radius 1 is 1.38 bits per heavy atom. The van der Waals surface area contributed by atoms with Crippen LogP contribution in [0.15, 0.2) is 53.4 Å². The van der Waals surface area contributed by atoms with E-state index in [0.29, 0.717) is 5.69 Å². The van der Waals surface area contributed by atoms with Crippen molar-refractivity contribution in [3.63, 3.8) is 0 Å². The van der Waals surface area contributed by atoms with E-state index in [9.17, 15) is 4.79 Å². The largest absolute Gasteiger partial charge is 0.356 e. The van der Waals surface area contributed by atoms with Gasteiger partial charge in [0.05, 0.1) is 0 Å². The number of aryl methyl sites for hydroxylation is 1. The normalized spacial score (nSPS) is 10.6. The quantitative estimate of drug-likeness (QED) is 0.764. The highest BCUT2D eigenvalue weighted by atomic mass is 79.9. The average Bonchev–Trinajstić information content (AvgIpc) is 3.08. The molecule has 6 heteroatoms. The highest BCUT2D eigenvalue weighted by molar-refractivity contribution is 9.10. The zero-order valence-electron chi connectivity index (χ0n) is 11.3. The fraction of sp³-hybridized carbons (Fsp3) is 0.0667. The lowest BCUT2D eigenvalue weighted by atomic mass is 10.2. The van der Waals surface area contributed by atoms with E-state index in [4.69, 9.17) is 0 Å². The minimum atomic E-state index is -0.183. The van der Waals surface area contributed by atoms with Crippen molar-refractivity contribution in [1.82, 2.24) is 14.5 Å². The van der Waals surface area contributed by atoms with Crippen molar-refractivity contribution in [3.05, 3.63) is 59.1 Å². The van der Waals surface area contributed by atoms with Gasteiger partial charge in [0, 0.05) is 41.4 Å². The van der Waals surface area contributed by atoms with Crippen LogP contribution in [0.3, 0.4) is 0 Å². The van der Waals surface area contributed by atoms with E-state index in [2.05, 4.69) is 31.2 Å². The van der Waals surface area contributed by atoms with Crippen molar-refractivity contribution in [2.75, 3.05) is 5.32 Å². The maximum Gasteiger partial charge on any atom is 0.272 e. The number of hydrogen-bond acceptors (Lipinski definition) is 2. The molecule has 0 aliphatic heterocycles. The summed E-state index contributed by atoms with van der Waals surface area (Å²) in [6.07, 6.45) is 5.35. The number of nitrogens with one attached hydrogen (secondary N) is 2. The van der Waals surface area contributed by atoms with Crippen LogP contribution in [0.4, 0.5) is 5.69 Å². The Morgan fingerprint density at radius 2 is 2.24 bits per heavy atom. The molecule has 5 nitrogen and oxygen atoms in total. The van der Waals surface area contributed by atoms with Crippen molar-refractivity contribution < 1.29 is 4.79 Å². The number of aromatic amines is 1. The van der Waals surface area contributed by atoms with Crippen molar-refractivity contribution in [3.8, 4) is 11.4 Å². The van der Waals surface area contributed by atoms with Gasteiger partial charge in [0.15, 0.2) is 0 Å². The number of nitrogens with zero attached hydrogens (tertiary/aromatic N) is 2. The lowest BCUT2D eigenvalue weighted by Crippen LogP contribution is -2.12. The third-order valence-corrected chi connectivity index (χ3v) is 3.55. The minimum absolute atomic E-state index is 0.183. The number of imidazole rings is 1. The molecule has 0 radical (unpaired) electrons. The Bertz CT molecular complexity index is 790. The van der Waals surface area contributed by atoms with E-state index >= 15 is 0 Å². The van der Waals surface area contributed by atoms with Crippen LogP contribution in [0.2, 0.25) is 0 Å². The smallest absolute Gasteiger partial charge is 0.272 e. The number of hydrogen-bond donors (Lipinski definition) is 2. The molecule has 2 aromatic heterocycles. The van der Waals surface area contributed by atoms with Crippen molar-refractivity contribution >= 4 is 27.5 Å². The molecule has 1 aromatic carbocycles. The van der Waals surface area contributed by atoms with Crippen LogP contribution in [0.5, 0.6) is 0 Å². The van der Waals surface area contributed by atoms with Crippen LogP contribution in [-0.4, -0.2) is 20.4 Å². The predicted molar refractivity (Wildman–Crippen MR) is 85.1 cm³/mol. The summed E-state index contributed by atoms with van der Waals surface area (Å²) in [6.45, 7) is 0. The van der Waals surface area contributed by atoms with E-state index in [-0.39, 0.29) is 5.91 Å². The maximum absolute atomic E-state index is 12.1. The SMILES string of the molecule is Cn1ccnc1-c1cccc(NC(=O)c2cc(Br)c[nH]2)c1. The average molecular weight is 345 g/mol. The minimum Gasteiger partial charge on any atom is -0.356 e. The van der Waals surface area contributed by atoms with Crippen LogP contribution < -0.4 is 5.32 Å². The Morgan fingerprint density at radius 3 is 2.90 bits per heavy atom. The van der Waals surface area contributed by atoms with Gasteiger partial charge >= 0.3 is 0 Å². The van der Waals surface area contributed by atoms with Crippen LogP contribution in [0, 0.1) is 0 Å². The van der Waals surface area contributed by atoms with E-state index in [1.807, 2.05) is 42.1 Å². The molecule has 3 rings (SSSR count). The molecular weight excluding hydrogens is 332 g/mol. The summed E-state index contributed by atoms with van der Waals surface area (Å²) in [5, 5.41) is 2.87. The van der Waals surface area contributed by atoms with Gasteiger partial charge in [-0.3, -0.25) is 4.79 Å². The molecule has 0 bridgehead atoms. The van der Waals surface area contributed by atoms with Crippen LogP contribution >= 0.6 is 15.9 Å². The summed E-state index contributed by atoms with van der Waals surface area (Å²) in [5.41, 5.74) is 2.18. The van der Waals surface area contributed by atoms with E-state index < -0.39 is 0 Å². The maximum atomic E-state index is 12.1. The Labute approximate surface area is 130 Å². The molecule has 21 heavy (non-hydrogen) atoms. The Balaban J connectivity index is 1.84. The Kier molecular flexibility index (Phi) is 3.62. The highest BCUT2D eigenvalue weighted by Crippen LogP contribution is 2.21. The number of benzene rings is 1. The van der Waals surface area contributed by atoms with Gasteiger partial charge in [0.25, 0.3) is 5.91 Å². The van der Waals surface area contributed by atoms with E-state index in [1.54, 1.807) is 18.5 Å². The topological polar surface area (TPSA) is 62.7 Å². The van der Waals surface area contributed by atoms with E-state index in [0.717, 1.165) is 21.5 Å². The molecule has 0 atom stereocenters. The molecule has 1 amide bonds. The third-order valence-electron chi connectivity index (χ3n) is 3.09. The number of carbonyl (C=O) groups is 1. The number of amides is 1. The van der Waals surface area contributed by atoms with Gasteiger partial charge < -0.3 is 14.9 Å². The lowest BCUT2D eigenvalue weighted by Gasteiger charge is -2.07. The molecule has 0 fully saturated rings. The van der Waals surface area contributed by atoms with Crippen LogP contribution in [0.25, 0.3) is 11.4 Å². The molecule has 0 unspecified atom stereocenters. The predicted octanol–water partition coefficient (Wildman–Crippen LogP) is 3.43. The highest BCUT2D eigenvalue weighted by Gasteiger charge is 2.09. The first kappa shape index (κ1) is 13.6. The van der Waals surface area contributed by atoms with Gasteiger partial charge in [-0.25, -0.2) is 4.98 Å². The second kappa shape index (κ2) is 5.57. The second-order valence-corrected chi connectivity index (χ2v) is 5.54. The molecule has 3 aromatic rings. The number of H-pyrrole nitrogens is 1. The zero-order chi connectivity index (χ0) is 14.8. The summed E-state index contributed by atoms with van der Waals surface area (Å²) in [7, 11) is 1.93. The zero-order valence-corrected chi connectivity index (χ0v) is 12.9. The van der Waals surface area contributed by atoms with Crippen molar-refractivity contribution in [1.29, 1.82) is 0 Å². The van der Waals surface area contributed by atoms with Crippen molar-refractivity contribution in [2.45, 2.75) is 0 Å². The summed E-state index contributed by atoms with van der Waals surface area (Å²) in [4.78, 5) is 19.3. The van der Waals surface area contributed by atoms with Crippen molar-refractivity contribution in [2.24, 2.45) is 7.05 Å². The summed E-state index contributed by atoms with van der Waals surface area (Å²) >= 11 is 3.31. The third kappa shape index (κ3) is 2.90. The summed E-state index contributed by atoms with van der Waals surface area (Å²) < 4.78 is 2.78. The van der Waals surface area contributed by atoms with Gasteiger partial charge in [-0.2, -0.15) is 0 Å². The molecule has 0 spiro atoms. The Hall–Kier alpha value is -2.34. The number of rotatable bonds is 3. The summed E-state index contributed by atoms with van der Waals surface area (Å²) in [5.74, 6) is 0.673. The van der Waals surface area contributed by atoms with Crippen LogP contribution in [0.1, 0.15) is 10.5 Å². The number of aromatic nitrogens is 3. The molecule has 0 aliphatic carbocycles. The first-order valence-corrected chi connectivity index (χ1v) is 7.16.